The van der Waals surface area contributed by atoms with Crippen molar-refractivity contribution in [3.05, 3.63) is 77.7 Å². The average Bonchev–Trinajstić information content (AvgIpc) is 3.42. The normalized spacial score (nSPS) is 15.3. The molecule has 0 saturated carbocycles. The molecule has 1 aliphatic rings. The lowest BCUT2D eigenvalue weighted by Crippen LogP contribution is -2.44. The van der Waals surface area contributed by atoms with E-state index in [0.717, 1.165) is 6.42 Å². The first-order valence-corrected chi connectivity index (χ1v) is 11.8. The lowest BCUT2D eigenvalue weighted by Gasteiger charge is -2.32. The van der Waals surface area contributed by atoms with Crippen LogP contribution in [0.1, 0.15) is 29.8 Å². The Bertz CT molecular complexity index is 1170. The van der Waals surface area contributed by atoms with Gasteiger partial charge in [-0.1, -0.05) is 29.8 Å². The maximum atomic E-state index is 13.0. The summed E-state index contributed by atoms with van der Waals surface area (Å²) in [7, 11) is 0. The number of hydrogen-bond acceptors (Lipinski definition) is 5. The third-order valence-corrected chi connectivity index (χ3v) is 5.94. The average molecular weight is 496 g/mol. The van der Waals surface area contributed by atoms with Crippen LogP contribution in [0.15, 0.2) is 71.3 Å². The number of para-hydroxylation sites is 1. The van der Waals surface area contributed by atoms with Gasteiger partial charge in [-0.25, -0.2) is 0 Å². The monoisotopic (exact) mass is 495 g/mol. The van der Waals surface area contributed by atoms with Crippen LogP contribution in [-0.2, 0) is 9.59 Å². The van der Waals surface area contributed by atoms with Gasteiger partial charge in [0, 0.05) is 18.1 Å². The molecule has 8 nitrogen and oxygen atoms in total. The minimum atomic E-state index is -0.458. The third-order valence-electron chi connectivity index (χ3n) is 5.71. The van der Waals surface area contributed by atoms with Crippen LogP contribution < -0.4 is 15.4 Å². The van der Waals surface area contributed by atoms with Gasteiger partial charge in [-0.3, -0.25) is 14.4 Å². The van der Waals surface area contributed by atoms with Gasteiger partial charge in [-0.2, -0.15) is 0 Å². The molecule has 35 heavy (non-hydrogen) atoms. The molecule has 1 saturated heterocycles. The number of carbonyl (C=O) groups excluding carboxylic acids is 3. The zero-order valence-corrected chi connectivity index (χ0v) is 19.8. The van der Waals surface area contributed by atoms with Gasteiger partial charge in [0.15, 0.2) is 5.76 Å². The molecule has 4 rings (SSSR count). The highest BCUT2D eigenvalue weighted by molar-refractivity contribution is 6.31. The molecule has 2 aromatic carbocycles. The first-order valence-electron chi connectivity index (χ1n) is 11.4. The van der Waals surface area contributed by atoms with E-state index < -0.39 is 5.91 Å². The second kappa shape index (κ2) is 11.6. The third kappa shape index (κ3) is 6.64. The van der Waals surface area contributed by atoms with E-state index in [-0.39, 0.29) is 36.5 Å². The van der Waals surface area contributed by atoms with E-state index in [4.69, 9.17) is 20.8 Å². The number of amides is 3. The summed E-state index contributed by atoms with van der Waals surface area (Å²) in [6.07, 6.45) is 3.03. The topological polar surface area (TPSA) is 101 Å². The van der Waals surface area contributed by atoms with Gasteiger partial charge in [0.05, 0.1) is 36.6 Å². The van der Waals surface area contributed by atoms with Crippen molar-refractivity contribution < 1.29 is 23.5 Å². The molecule has 2 heterocycles. The van der Waals surface area contributed by atoms with Crippen molar-refractivity contribution >= 4 is 40.7 Å². The number of anilines is 2. The Kier molecular flexibility index (Phi) is 8.05. The molecule has 9 heteroatoms. The SMILES string of the molecule is O=C(Nc1cc(Cl)ccc1NC(=O)C1CCCN(C(=O)CCOc2ccccc2)C1)c1ccco1. The first kappa shape index (κ1) is 24.3. The smallest absolute Gasteiger partial charge is 0.291 e. The molecule has 1 atom stereocenters. The minimum absolute atomic E-state index is 0.0451. The Hall–Kier alpha value is -3.78. The standard InChI is InChI=1S/C26H26ClN3O5/c27-19-10-11-21(22(16-19)29-26(33)23-9-5-14-35-23)28-25(32)18-6-4-13-30(17-18)24(31)12-15-34-20-7-2-1-3-8-20/h1-3,5,7-11,14,16,18H,4,6,12-13,15,17H2,(H,28,32)(H,29,33). The Balaban J connectivity index is 1.33. The molecule has 3 amide bonds. The lowest BCUT2D eigenvalue weighted by molar-refractivity contribution is -0.135. The Labute approximate surface area is 208 Å². The fourth-order valence-corrected chi connectivity index (χ4v) is 4.08. The van der Waals surface area contributed by atoms with E-state index in [2.05, 4.69) is 10.6 Å². The molecular formula is C26H26ClN3O5. The molecule has 182 valence electrons. The second-order valence-electron chi connectivity index (χ2n) is 8.20. The summed E-state index contributed by atoms with van der Waals surface area (Å²) < 4.78 is 10.7. The number of hydrogen-bond donors (Lipinski definition) is 2. The fraction of sp³-hybridized carbons (Fsp3) is 0.269. The number of benzene rings is 2. The highest BCUT2D eigenvalue weighted by Gasteiger charge is 2.29. The van der Waals surface area contributed by atoms with Gasteiger partial charge in [-0.05, 0) is 55.3 Å². The van der Waals surface area contributed by atoms with Crippen molar-refractivity contribution in [2.75, 3.05) is 30.3 Å². The quantitative estimate of drug-likeness (QED) is 0.466. The fourth-order valence-electron chi connectivity index (χ4n) is 3.90. The van der Waals surface area contributed by atoms with E-state index >= 15 is 0 Å². The van der Waals surface area contributed by atoms with Gasteiger partial charge in [0.1, 0.15) is 5.75 Å². The highest BCUT2D eigenvalue weighted by atomic mass is 35.5. The predicted octanol–water partition coefficient (Wildman–Crippen LogP) is 4.83. The maximum absolute atomic E-state index is 13.0. The summed E-state index contributed by atoms with van der Waals surface area (Å²) in [5.74, 6) is -0.240. The molecule has 2 N–H and O–H groups in total. The molecule has 0 bridgehead atoms. The number of rotatable bonds is 8. The molecule has 1 unspecified atom stereocenters. The summed E-state index contributed by atoms with van der Waals surface area (Å²) in [5.41, 5.74) is 0.771. The zero-order chi connectivity index (χ0) is 24.6. The molecule has 1 aromatic heterocycles. The van der Waals surface area contributed by atoms with E-state index in [1.54, 1.807) is 29.2 Å². The Morgan fingerprint density at radius 2 is 1.86 bits per heavy atom. The van der Waals surface area contributed by atoms with E-state index in [1.165, 1.54) is 12.3 Å². The number of halogens is 1. The summed E-state index contributed by atoms with van der Waals surface area (Å²) in [5, 5.41) is 6.00. The number of carbonyl (C=O) groups is 3. The molecule has 0 aliphatic carbocycles. The Morgan fingerprint density at radius 3 is 2.63 bits per heavy atom. The van der Waals surface area contributed by atoms with Crippen LogP contribution in [0.2, 0.25) is 5.02 Å². The number of likely N-dealkylation sites (tertiary alicyclic amines) is 1. The van der Waals surface area contributed by atoms with Crippen LogP contribution in [0.3, 0.4) is 0 Å². The van der Waals surface area contributed by atoms with Crippen molar-refractivity contribution in [2.45, 2.75) is 19.3 Å². The molecule has 0 spiro atoms. The van der Waals surface area contributed by atoms with Gasteiger partial charge < -0.3 is 24.7 Å². The van der Waals surface area contributed by atoms with E-state index in [0.29, 0.717) is 41.7 Å². The summed E-state index contributed by atoms with van der Waals surface area (Å²) in [4.78, 5) is 39.8. The van der Waals surface area contributed by atoms with Crippen molar-refractivity contribution in [2.24, 2.45) is 5.92 Å². The largest absolute Gasteiger partial charge is 0.493 e. The lowest BCUT2D eigenvalue weighted by atomic mass is 9.96. The van der Waals surface area contributed by atoms with Crippen molar-refractivity contribution in [1.29, 1.82) is 0 Å². The van der Waals surface area contributed by atoms with E-state index in [1.807, 2.05) is 30.3 Å². The summed E-state index contributed by atoms with van der Waals surface area (Å²) in [6.45, 7) is 1.22. The van der Waals surface area contributed by atoms with Crippen molar-refractivity contribution in [3.63, 3.8) is 0 Å². The van der Waals surface area contributed by atoms with Crippen LogP contribution in [0.4, 0.5) is 11.4 Å². The first-order chi connectivity index (χ1) is 17.0. The molecule has 0 radical (unpaired) electrons. The predicted molar refractivity (Wildman–Crippen MR) is 133 cm³/mol. The number of furan rings is 1. The Morgan fingerprint density at radius 1 is 1.03 bits per heavy atom. The zero-order valence-electron chi connectivity index (χ0n) is 19.0. The summed E-state index contributed by atoms with van der Waals surface area (Å²) >= 11 is 6.10. The van der Waals surface area contributed by atoms with Gasteiger partial charge in [0.2, 0.25) is 11.8 Å². The molecule has 1 aliphatic heterocycles. The number of nitrogens with zero attached hydrogens (tertiary/aromatic N) is 1. The van der Waals surface area contributed by atoms with Crippen molar-refractivity contribution in [3.8, 4) is 5.75 Å². The van der Waals surface area contributed by atoms with Gasteiger partial charge >= 0.3 is 0 Å². The molecule has 3 aromatic rings. The van der Waals surface area contributed by atoms with Crippen LogP contribution >= 0.6 is 11.6 Å². The number of nitrogens with one attached hydrogen (secondary N) is 2. The number of ether oxygens (including phenoxy) is 1. The maximum Gasteiger partial charge on any atom is 0.291 e. The van der Waals surface area contributed by atoms with Gasteiger partial charge in [0.25, 0.3) is 5.91 Å². The van der Waals surface area contributed by atoms with Crippen LogP contribution in [0.5, 0.6) is 5.75 Å². The summed E-state index contributed by atoms with van der Waals surface area (Å²) in [6, 6.07) is 17.3. The van der Waals surface area contributed by atoms with Crippen molar-refractivity contribution in [1.82, 2.24) is 4.90 Å². The van der Waals surface area contributed by atoms with E-state index in [9.17, 15) is 14.4 Å². The van der Waals surface area contributed by atoms with Crippen LogP contribution in [-0.4, -0.2) is 42.3 Å². The van der Waals surface area contributed by atoms with Crippen LogP contribution in [0, 0.1) is 5.92 Å². The minimum Gasteiger partial charge on any atom is -0.493 e. The number of piperidine rings is 1. The van der Waals surface area contributed by atoms with Gasteiger partial charge in [-0.15, -0.1) is 0 Å². The molecular weight excluding hydrogens is 470 g/mol. The van der Waals surface area contributed by atoms with Crippen LogP contribution in [0.25, 0.3) is 0 Å². The second-order valence-corrected chi connectivity index (χ2v) is 8.64. The highest BCUT2D eigenvalue weighted by Crippen LogP contribution is 2.28. The molecule has 1 fully saturated rings.